The topological polar surface area (TPSA) is 114 Å². The molecule has 0 radical (unpaired) electrons. The first-order chi connectivity index (χ1) is 11.7. The Balaban J connectivity index is 2.43. The van der Waals surface area contributed by atoms with E-state index in [0.717, 1.165) is 5.56 Å². The van der Waals surface area contributed by atoms with Crippen LogP contribution in [0.4, 0.5) is 4.79 Å². The van der Waals surface area contributed by atoms with Crippen LogP contribution in [0.15, 0.2) is 30.3 Å². The molecule has 0 spiro atoms. The van der Waals surface area contributed by atoms with Crippen LogP contribution < -0.4 is 10.6 Å². The average Bonchev–Trinajstić information content (AvgIpc) is 2.56. The second-order valence-electron chi connectivity index (χ2n) is 5.82. The highest BCUT2D eigenvalue weighted by atomic mass is 16.5. The van der Waals surface area contributed by atoms with E-state index in [1.165, 1.54) is 13.8 Å². The number of rotatable bonds is 8. The summed E-state index contributed by atoms with van der Waals surface area (Å²) in [5, 5.41) is 14.6. The van der Waals surface area contributed by atoms with Gasteiger partial charge in [-0.15, -0.1) is 0 Å². The Morgan fingerprint density at radius 1 is 1.16 bits per heavy atom. The molecule has 8 nitrogen and oxygen atoms in total. The molecule has 0 fully saturated rings. The third-order valence-electron chi connectivity index (χ3n) is 3.14. The Morgan fingerprint density at radius 3 is 2.36 bits per heavy atom. The van der Waals surface area contributed by atoms with Crippen LogP contribution in [0.25, 0.3) is 0 Å². The van der Waals surface area contributed by atoms with Gasteiger partial charge in [0.25, 0.3) is 0 Å². The third kappa shape index (κ3) is 7.67. The summed E-state index contributed by atoms with van der Waals surface area (Å²) in [7, 11) is 0. The second-order valence-corrected chi connectivity index (χ2v) is 5.82. The lowest BCUT2D eigenvalue weighted by molar-refractivity contribution is -0.154. The fourth-order valence-electron chi connectivity index (χ4n) is 1.89. The zero-order valence-electron chi connectivity index (χ0n) is 14.6. The number of carbonyl (C=O) groups excluding carboxylic acids is 3. The number of aliphatic hydroxyl groups is 1. The van der Waals surface area contributed by atoms with Crippen molar-refractivity contribution in [3.8, 4) is 0 Å². The zero-order valence-corrected chi connectivity index (χ0v) is 14.6. The van der Waals surface area contributed by atoms with Crippen LogP contribution in [-0.2, 0) is 25.7 Å². The van der Waals surface area contributed by atoms with Crippen LogP contribution in [0.5, 0.6) is 0 Å². The molecule has 1 aromatic rings. The number of amides is 2. The molecular weight excluding hydrogens is 328 g/mol. The molecule has 0 heterocycles. The molecule has 1 unspecified atom stereocenters. The first-order valence-electron chi connectivity index (χ1n) is 7.87. The lowest BCUT2D eigenvalue weighted by Gasteiger charge is -2.28. The van der Waals surface area contributed by atoms with Gasteiger partial charge in [0, 0.05) is 0 Å². The van der Waals surface area contributed by atoms with E-state index in [4.69, 9.17) is 9.47 Å². The van der Waals surface area contributed by atoms with Gasteiger partial charge in [0.2, 0.25) is 5.91 Å². The van der Waals surface area contributed by atoms with Crippen LogP contribution in [0.1, 0.15) is 26.3 Å². The van der Waals surface area contributed by atoms with Crippen molar-refractivity contribution in [3.63, 3.8) is 0 Å². The molecule has 2 amide bonds. The number of alkyl carbamates (subject to hydrolysis) is 1. The number of hydrogen-bond donors (Lipinski definition) is 3. The fourth-order valence-corrected chi connectivity index (χ4v) is 1.89. The van der Waals surface area contributed by atoms with E-state index in [1.54, 1.807) is 19.1 Å². The Morgan fingerprint density at radius 2 is 1.80 bits per heavy atom. The number of benzene rings is 1. The summed E-state index contributed by atoms with van der Waals surface area (Å²) < 4.78 is 9.78. The number of ether oxygens (including phenoxy) is 2. The van der Waals surface area contributed by atoms with Gasteiger partial charge in [-0.05, 0) is 26.3 Å². The minimum atomic E-state index is -1.52. The summed E-state index contributed by atoms with van der Waals surface area (Å²) in [4.78, 5) is 35.3. The van der Waals surface area contributed by atoms with Crippen molar-refractivity contribution >= 4 is 18.0 Å². The maximum atomic E-state index is 11.9. The lowest BCUT2D eigenvalue weighted by atomic mass is 9.99. The van der Waals surface area contributed by atoms with E-state index in [2.05, 4.69) is 10.6 Å². The van der Waals surface area contributed by atoms with Gasteiger partial charge < -0.3 is 25.2 Å². The maximum Gasteiger partial charge on any atom is 0.407 e. The molecule has 8 heteroatoms. The number of nitrogens with one attached hydrogen (secondary N) is 2. The van der Waals surface area contributed by atoms with Crippen LogP contribution in [-0.4, -0.2) is 47.9 Å². The lowest BCUT2D eigenvalue weighted by Crippen LogP contribution is -2.56. The minimum Gasteiger partial charge on any atom is -0.464 e. The van der Waals surface area contributed by atoms with Gasteiger partial charge in [-0.25, -0.2) is 9.59 Å². The predicted molar refractivity (Wildman–Crippen MR) is 89.5 cm³/mol. The molecular formula is C17H24N2O6. The highest BCUT2D eigenvalue weighted by Gasteiger charge is 2.35. The van der Waals surface area contributed by atoms with Gasteiger partial charge in [0.1, 0.15) is 13.2 Å². The molecule has 1 atom stereocenters. The first-order valence-corrected chi connectivity index (χ1v) is 7.87. The van der Waals surface area contributed by atoms with Crippen molar-refractivity contribution in [2.75, 3.05) is 13.2 Å². The Labute approximate surface area is 146 Å². The van der Waals surface area contributed by atoms with Crippen molar-refractivity contribution < 1.29 is 29.0 Å². The standard InChI is InChI=1S/C17H24N2O6/c1-4-24-15(21)14(17(2,3)23)19-13(20)10-18-16(22)25-11-12-8-6-5-7-9-12/h5-9,14,23H,4,10-11H2,1-3H3,(H,18,22)(H,19,20). The summed E-state index contributed by atoms with van der Waals surface area (Å²) in [6.07, 6.45) is -0.769. The summed E-state index contributed by atoms with van der Waals surface area (Å²) in [6.45, 7) is 4.15. The van der Waals surface area contributed by atoms with Gasteiger partial charge in [-0.3, -0.25) is 4.79 Å². The molecule has 0 aromatic heterocycles. The summed E-state index contributed by atoms with van der Waals surface area (Å²) in [6, 6.07) is 7.82. The van der Waals surface area contributed by atoms with Crippen molar-refractivity contribution in [2.24, 2.45) is 0 Å². The van der Waals surface area contributed by atoms with Gasteiger partial charge >= 0.3 is 12.1 Å². The molecule has 25 heavy (non-hydrogen) atoms. The molecule has 0 aliphatic heterocycles. The smallest absolute Gasteiger partial charge is 0.407 e. The zero-order chi connectivity index (χ0) is 18.9. The van der Waals surface area contributed by atoms with E-state index >= 15 is 0 Å². The largest absolute Gasteiger partial charge is 0.464 e. The van der Waals surface area contributed by atoms with E-state index in [9.17, 15) is 19.5 Å². The summed E-state index contributed by atoms with van der Waals surface area (Å²) in [5.41, 5.74) is -0.707. The van der Waals surface area contributed by atoms with Gasteiger partial charge in [0.05, 0.1) is 12.2 Å². The number of carbonyl (C=O) groups is 3. The average molecular weight is 352 g/mol. The quantitative estimate of drug-likeness (QED) is 0.595. The maximum absolute atomic E-state index is 11.9. The van der Waals surface area contributed by atoms with Crippen LogP contribution in [0.3, 0.4) is 0 Å². The molecule has 1 aromatic carbocycles. The Bertz CT molecular complexity index is 583. The first kappa shape index (κ1) is 20.4. The van der Waals surface area contributed by atoms with Crippen LogP contribution >= 0.6 is 0 Å². The van der Waals surface area contributed by atoms with Crippen molar-refractivity contribution in [3.05, 3.63) is 35.9 Å². The van der Waals surface area contributed by atoms with Crippen molar-refractivity contribution in [2.45, 2.75) is 39.0 Å². The summed E-state index contributed by atoms with van der Waals surface area (Å²) >= 11 is 0. The number of hydrogen-bond acceptors (Lipinski definition) is 6. The molecule has 3 N–H and O–H groups in total. The van der Waals surface area contributed by atoms with Gasteiger partial charge in [-0.1, -0.05) is 30.3 Å². The molecule has 138 valence electrons. The molecule has 0 saturated carbocycles. The highest BCUT2D eigenvalue weighted by Crippen LogP contribution is 2.10. The molecule has 0 aliphatic rings. The summed E-state index contributed by atoms with van der Waals surface area (Å²) in [5.74, 6) is -1.41. The van der Waals surface area contributed by atoms with Gasteiger partial charge in [0.15, 0.2) is 6.04 Å². The Kier molecular flexibility index (Phi) is 7.87. The number of esters is 1. The van der Waals surface area contributed by atoms with E-state index in [-0.39, 0.29) is 13.2 Å². The Hall–Kier alpha value is -2.61. The van der Waals surface area contributed by atoms with Gasteiger partial charge in [-0.2, -0.15) is 0 Å². The molecule has 1 rings (SSSR count). The normalized spacial score (nSPS) is 12.0. The van der Waals surface area contributed by atoms with Crippen LogP contribution in [0, 0.1) is 0 Å². The monoisotopic (exact) mass is 352 g/mol. The molecule has 0 aliphatic carbocycles. The van der Waals surface area contributed by atoms with Crippen LogP contribution in [0.2, 0.25) is 0 Å². The fraction of sp³-hybridized carbons (Fsp3) is 0.471. The SMILES string of the molecule is CCOC(=O)C(NC(=O)CNC(=O)OCc1ccccc1)C(C)(C)O. The van der Waals surface area contributed by atoms with E-state index in [0.29, 0.717) is 0 Å². The minimum absolute atomic E-state index is 0.0728. The van der Waals surface area contributed by atoms with Crippen molar-refractivity contribution in [1.29, 1.82) is 0 Å². The second kappa shape index (κ2) is 9.63. The highest BCUT2D eigenvalue weighted by molar-refractivity contribution is 5.87. The predicted octanol–water partition coefficient (Wildman–Crippen LogP) is 0.732. The molecule has 0 bridgehead atoms. The van der Waals surface area contributed by atoms with E-state index in [1.807, 2.05) is 18.2 Å². The van der Waals surface area contributed by atoms with E-state index < -0.39 is 36.2 Å². The molecule has 0 saturated heterocycles. The third-order valence-corrected chi connectivity index (χ3v) is 3.14. The van der Waals surface area contributed by atoms with Crippen molar-refractivity contribution in [1.82, 2.24) is 10.6 Å².